The van der Waals surface area contributed by atoms with Gasteiger partial charge in [-0.25, -0.2) is 0 Å². The zero-order valence-corrected chi connectivity index (χ0v) is 8.92. The van der Waals surface area contributed by atoms with E-state index < -0.39 is 0 Å². The Balaban J connectivity index is 3.89. The Morgan fingerprint density at radius 1 is 1.42 bits per heavy atom. The highest BCUT2D eigenvalue weighted by molar-refractivity contribution is 4.72. The van der Waals surface area contributed by atoms with Gasteiger partial charge in [0.15, 0.2) is 0 Å². The molecular formula is C9H22N2O. The number of rotatable bonds is 6. The highest BCUT2D eigenvalue weighted by Crippen LogP contribution is 2.01. The molecule has 0 bridgehead atoms. The molecule has 0 radical (unpaired) electrons. The average molecular weight is 174 g/mol. The van der Waals surface area contributed by atoms with Crippen LogP contribution in [0.4, 0.5) is 0 Å². The summed E-state index contributed by atoms with van der Waals surface area (Å²) >= 11 is 0. The van der Waals surface area contributed by atoms with Crippen LogP contribution in [0.15, 0.2) is 0 Å². The molecule has 0 aromatic rings. The number of nitrogens with one attached hydrogen (secondary N) is 1. The standard InChI is InChI=1S/C9H22N2O/c1-8(2)11(4)9(6-10-3)7-12-5/h8-10H,6-7H2,1-5H3. The fourth-order valence-electron chi connectivity index (χ4n) is 1.17. The third-order valence-corrected chi connectivity index (χ3v) is 2.19. The van der Waals surface area contributed by atoms with Crippen LogP contribution in [0, 0.1) is 0 Å². The molecular weight excluding hydrogens is 152 g/mol. The van der Waals surface area contributed by atoms with Crippen molar-refractivity contribution >= 4 is 0 Å². The van der Waals surface area contributed by atoms with Crippen LogP contribution in [0.2, 0.25) is 0 Å². The van der Waals surface area contributed by atoms with Crippen molar-refractivity contribution in [1.82, 2.24) is 10.2 Å². The maximum atomic E-state index is 5.15. The van der Waals surface area contributed by atoms with Gasteiger partial charge in [0.05, 0.1) is 6.61 Å². The molecule has 12 heavy (non-hydrogen) atoms. The van der Waals surface area contributed by atoms with Gasteiger partial charge in [0, 0.05) is 25.7 Å². The van der Waals surface area contributed by atoms with Crippen molar-refractivity contribution in [3.05, 3.63) is 0 Å². The summed E-state index contributed by atoms with van der Waals surface area (Å²) in [5.74, 6) is 0. The van der Waals surface area contributed by atoms with E-state index in [0.717, 1.165) is 13.2 Å². The molecule has 0 aliphatic rings. The van der Waals surface area contributed by atoms with Crippen LogP contribution in [0.5, 0.6) is 0 Å². The zero-order chi connectivity index (χ0) is 9.56. The minimum Gasteiger partial charge on any atom is -0.383 e. The number of ether oxygens (including phenoxy) is 1. The normalized spacial score (nSPS) is 14.2. The first kappa shape index (κ1) is 11.9. The van der Waals surface area contributed by atoms with Crippen LogP contribution in [0.25, 0.3) is 0 Å². The molecule has 0 amide bonds. The summed E-state index contributed by atoms with van der Waals surface area (Å²) in [6, 6.07) is 1.04. The quantitative estimate of drug-likeness (QED) is 0.637. The largest absolute Gasteiger partial charge is 0.383 e. The Morgan fingerprint density at radius 3 is 2.33 bits per heavy atom. The summed E-state index contributed by atoms with van der Waals surface area (Å²) < 4.78 is 5.15. The molecule has 3 heteroatoms. The molecule has 0 aromatic heterocycles. The van der Waals surface area contributed by atoms with Crippen molar-refractivity contribution in [1.29, 1.82) is 0 Å². The summed E-state index contributed by atoms with van der Waals surface area (Å²) in [5.41, 5.74) is 0. The fourth-order valence-corrected chi connectivity index (χ4v) is 1.17. The summed E-state index contributed by atoms with van der Waals surface area (Å²) in [5, 5.41) is 3.17. The lowest BCUT2D eigenvalue weighted by molar-refractivity contribution is 0.0894. The van der Waals surface area contributed by atoms with Gasteiger partial charge >= 0.3 is 0 Å². The van der Waals surface area contributed by atoms with Gasteiger partial charge in [0.2, 0.25) is 0 Å². The number of likely N-dealkylation sites (N-methyl/N-ethyl adjacent to an activating group) is 2. The lowest BCUT2D eigenvalue weighted by Crippen LogP contribution is -2.45. The van der Waals surface area contributed by atoms with E-state index in [2.05, 4.69) is 31.1 Å². The smallest absolute Gasteiger partial charge is 0.0630 e. The molecule has 1 unspecified atom stereocenters. The maximum Gasteiger partial charge on any atom is 0.0630 e. The molecule has 0 aliphatic carbocycles. The van der Waals surface area contributed by atoms with Crippen molar-refractivity contribution in [3.8, 4) is 0 Å². The van der Waals surface area contributed by atoms with Crippen molar-refractivity contribution in [2.45, 2.75) is 25.9 Å². The third-order valence-electron chi connectivity index (χ3n) is 2.19. The van der Waals surface area contributed by atoms with Gasteiger partial charge in [-0.3, -0.25) is 4.90 Å². The topological polar surface area (TPSA) is 24.5 Å². The third kappa shape index (κ3) is 4.04. The van der Waals surface area contributed by atoms with Crippen LogP contribution in [-0.4, -0.2) is 51.3 Å². The molecule has 0 rings (SSSR count). The summed E-state index contributed by atoms with van der Waals surface area (Å²) in [4.78, 5) is 2.32. The lowest BCUT2D eigenvalue weighted by Gasteiger charge is -2.30. The Morgan fingerprint density at radius 2 is 2.00 bits per heavy atom. The van der Waals surface area contributed by atoms with Gasteiger partial charge in [-0.2, -0.15) is 0 Å². The lowest BCUT2D eigenvalue weighted by atomic mass is 10.2. The fraction of sp³-hybridized carbons (Fsp3) is 1.00. The van der Waals surface area contributed by atoms with Crippen molar-refractivity contribution in [2.24, 2.45) is 0 Å². The first-order valence-corrected chi connectivity index (χ1v) is 4.49. The van der Waals surface area contributed by atoms with E-state index in [-0.39, 0.29) is 0 Å². The number of nitrogens with zero attached hydrogens (tertiary/aromatic N) is 1. The monoisotopic (exact) mass is 174 g/mol. The first-order chi connectivity index (χ1) is 5.63. The summed E-state index contributed by atoms with van der Waals surface area (Å²) in [6.07, 6.45) is 0. The minimum absolute atomic E-state index is 0.472. The van der Waals surface area contributed by atoms with Crippen LogP contribution >= 0.6 is 0 Å². The average Bonchev–Trinajstić information content (AvgIpc) is 2.03. The van der Waals surface area contributed by atoms with Crippen LogP contribution in [0.3, 0.4) is 0 Å². The van der Waals surface area contributed by atoms with Crippen molar-refractivity contribution < 1.29 is 4.74 Å². The van der Waals surface area contributed by atoms with Crippen LogP contribution in [0.1, 0.15) is 13.8 Å². The second-order valence-corrected chi connectivity index (χ2v) is 3.43. The molecule has 0 aliphatic heterocycles. The number of hydrogen-bond donors (Lipinski definition) is 1. The molecule has 1 N–H and O–H groups in total. The van der Waals surface area contributed by atoms with Gasteiger partial charge in [-0.15, -0.1) is 0 Å². The molecule has 0 saturated carbocycles. The molecule has 0 heterocycles. The molecule has 0 spiro atoms. The van der Waals surface area contributed by atoms with Gasteiger partial charge in [-0.05, 0) is 27.9 Å². The summed E-state index contributed by atoms with van der Waals surface area (Å²) in [7, 11) is 5.85. The van der Waals surface area contributed by atoms with Gasteiger partial charge in [0.1, 0.15) is 0 Å². The Labute approximate surface area is 76.1 Å². The molecule has 74 valence electrons. The second kappa shape index (κ2) is 6.40. The summed E-state index contributed by atoms with van der Waals surface area (Å²) in [6.45, 7) is 6.15. The van der Waals surface area contributed by atoms with E-state index in [1.165, 1.54) is 0 Å². The molecule has 0 saturated heterocycles. The minimum atomic E-state index is 0.472. The van der Waals surface area contributed by atoms with Gasteiger partial charge < -0.3 is 10.1 Å². The highest BCUT2D eigenvalue weighted by atomic mass is 16.5. The van der Waals surface area contributed by atoms with Crippen LogP contribution in [-0.2, 0) is 4.74 Å². The Hall–Kier alpha value is -0.120. The Kier molecular flexibility index (Phi) is 6.34. The van der Waals surface area contributed by atoms with E-state index in [9.17, 15) is 0 Å². The highest BCUT2D eigenvalue weighted by Gasteiger charge is 2.15. The van der Waals surface area contributed by atoms with Crippen molar-refractivity contribution in [2.75, 3.05) is 34.4 Å². The van der Waals surface area contributed by atoms with E-state index in [1.54, 1.807) is 7.11 Å². The van der Waals surface area contributed by atoms with E-state index in [4.69, 9.17) is 4.74 Å². The predicted octanol–water partition coefficient (Wildman–Crippen LogP) is 0.561. The predicted molar refractivity (Wildman–Crippen MR) is 52.5 cm³/mol. The van der Waals surface area contributed by atoms with Crippen molar-refractivity contribution in [3.63, 3.8) is 0 Å². The molecule has 0 fully saturated rings. The second-order valence-electron chi connectivity index (χ2n) is 3.43. The van der Waals surface area contributed by atoms with Crippen LogP contribution < -0.4 is 5.32 Å². The van der Waals surface area contributed by atoms with E-state index >= 15 is 0 Å². The van der Waals surface area contributed by atoms with E-state index in [0.29, 0.717) is 12.1 Å². The van der Waals surface area contributed by atoms with Gasteiger partial charge in [0.25, 0.3) is 0 Å². The first-order valence-electron chi connectivity index (χ1n) is 4.49. The van der Waals surface area contributed by atoms with Gasteiger partial charge in [-0.1, -0.05) is 0 Å². The molecule has 0 aromatic carbocycles. The zero-order valence-electron chi connectivity index (χ0n) is 8.92. The van der Waals surface area contributed by atoms with E-state index in [1.807, 2.05) is 7.05 Å². The molecule has 1 atom stereocenters. The number of hydrogen-bond acceptors (Lipinski definition) is 3. The number of methoxy groups -OCH3 is 1. The molecule has 3 nitrogen and oxygen atoms in total. The SMILES string of the molecule is CNCC(COC)N(C)C(C)C. The Bertz CT molecular complexity index is 101. The maximum absolute atomic E-state index is 5.15.